The van der Waals surface area contributed by atoms with Gasteiger partial charge in [0.1, 0.15) is 11.5 Å². The molecule has 2 N–H and O–H groups in total. The third-order valence-corrected chi connectivity index (χ3v) is 3.17. The number of benzene rings is 2. The van der Waals surface area contributed by atoms with Crippen molar-refractivity contribution in [2.75, 3.05) is 14.2 Å². The van der Waals surface area contributed by atoms with Crippen LogP contribution in [0.2, 0.25) is 5.02 Å². The molecule has 2 aromatic rings. The molecule has 2 aromatic carbocycles. The maximum absolute atomic E-state index is 12.4. The third-order valence-electron chi connectivity index (χ3n) is 2.95. The number of ketones is 1. The van der Waals surface area contributed by atoms with Crippen LogP contribution in [0.25, 0.3) is 0 Å². The Kier molecular flexibility index (Phi) is 4.23. The van der Waals surface area contributed by atoms with Crippen molar-refractivity contribution in [2.45, 2.75) is 0 Å². The van der Waals surface area contributed by atoms with E-state index in [1.807, 2.05) is 0 Å². The van der Waals surface area contributed by atoms with Gasteiger partial charge in [-0.2, -0.15) is 0 Å². The second kappa shape index (κ2) is 5.93. The monoisotopic (exact) mass is 308 g/mol. The lowest BCUT2D eigenvalue weighted by Gasteiger charge is -2.10. The van der Waals surface area contributed by atoms with Crippen LogP contribution in [0.1, 0.15) is 15.9 Å². The first kappa shape index (κ1) is 15.0. The molecule has 0 saturated carbocycles. The third kappa shape index (κ3) is 2.87. The number of hydrogen-bond acceptors (Lipinski definition) is 5. The molecule has 0 aliphatic rings. The van der Waals surface area contributed by atoms with Gasteiger partial charge in [0.25, 0.3) is 0 Å². The number of rotatable bonds is 4. The van der Waals surface area contributed by atoms with Gasteiger partial charge < -0.3 is 19.7 Å². The zero-order chi connectivity index (χ0) is 15.6. The van der Waals surface area contributed by atoms with Crippen molar-refractivity contribution in [1.82, 2.24) is 0 Å². The predicted octanol–water partition coefficient (Wildman–Crippen LogP) is 3.00. The lowest BCUT2D eigenvalue weighted by molar-refractivity contribution is 0.103. The van der Waals surface area contributed by atoms with Crippen molar-refractivity contribution in [3.8, 4) is 23.0 Å². The summed E-state index contributed by atoms with van der Waals surface area (Å²) in [5, 5.41) is 20.2. The fourth-order valence-corrected chi connectivity index (χ4v) is 2.09. The Labute approximate surface area is 126 Å². The lowest BCUT2D eigenvalue weighted by Crippen LogP contribution is -2.03. The van der Waals surface area contributed by atoms with Gasteiger partial charge in [-0.25, -0.2) is 0 Å². The number of halogens is 1. The maximum Gasteiger partial charge on any atom is 0.200 e. The molecule has 0 aromatic heterocycles. The van der Waals surface area contributed by atoms with Crippen LogP contribution < -0.4 is 9.47 Å². The zero-order valence-electron chi connectivity index (χ0n) is 11.4. The van der Waals surface area contributed by atoms with Crippen LogP contribution in [0.5, 0.6) is 23.0 Å². The molecule has 110 valence electrons. The Bertz CT molecular complexity index is 697. The van der Waals surface area contributed by atoms with Gasteiger partial charge in [-0.3, -0.25) is 4.79 Å². The standard InChI is InChI=1S/C15H13ClO5/c1-20-9-3-4-10(12(17)7-9)14(18)11-5-8(16)6-13(21-2)15(11)19/h3-7,17,19H,1-2H3. The second-order valence-electron chi connectivity index (χ2n) is 4.22. The van der Waals surface area contributed by atoms with Crippen LogP contribution in [-0.4, -0.2) is 30.2 Å². The summed E-state index contributed by atoms with van der Waals surface area (Å²) < 4.78 is 9.90. The number of ether oxygens (including phenoxy) is 2. The molecule has 0 radical (unpaired) electrons. The van der Waals surface area contributed by atoms with E-state index in [0.717, 1.165) is 0 Å². The first-order valence-electron chi connectivity index (χ1n) is 5.96. The molecule has 0 atom stereocenters. The molecule has 0 aliphatic heterocycles. The first-order chi connectivity index (χ1) is 9.97. The summed E-state index contributed by atoms with van der Waals surface area (Å²) in [6, 6.07) is 6.95. The van der Waals surface area contributed by atoms with Gasteiger partial charge in [0.15, 0.2) is 11.5 Å². The quantitative estimate of drug-likeness (QED) is 0.849. The minimum atomic E-state index is -0.576. The Hall–Kier alpha value is -2.40. The van der Waals surface area contributed by atoms with E-state index >= 15 is 0 Å². The topological polar surface area (TPSA) is 76.0 Å². The summed E-state index contributed by atoms with van der Waals surface area (Å²) in [7, 11) is 2.80. The van der Waals surface area contributed by atoms with Gasteiger partial charge in [-0.05, 0) is 18.2 Å². The van der Waals surface area contributed by atoms with Gasteiger partial charge in [-0.15, -0.1) is 0 Å². The Morgan fingerprint density at radius 2 is 1.76 bits per heavy atom. The van der Waals surface area contributed by atoms with Crippen molar-refractivity contribution >= 4 is 17.4 Å². The molecule has 0 bridgehead atoms. The van der Waals surface area contributed by atoms with Crippen molar-refractivity contribution in [3.05, 3.63) is 46.5 Å². The first-order valence-corrected chi connectivity index (χ1v) is 6.34. The fraction of sp³-hybridized carbons (Fsp3) is 0.133. The number of phenols is 2. The maximum atomic E-state index is 12.4. The lowest BCUT2D eigenvalue weighted by atomic mass is 10.0. The van der Waals surface area contributed by atoms with E-state index in [0.29, 0.717) is 5.75 Å². The predicted molar refractivity (Wildman–Crippen MR) is 77.8 cm³/mol. The molecule has 6 heteroatoms. The number of phenolic OH excluding ortho intramolecular Hbond substituents is 2. The van der Waals surface area contributed by atoms with E-state index in [9.17, 15) is 15.0 Å². The normalized spacial score (nSPS) is 10.2. The molecule has 5 nitrogen and oxygen atoms in total. The van der Waals surface area contributed by atoms with Gasteiger partial charge in [0, 0.05) is 17.2 Å². The Morgan fingerprint density at radius 3 is 2.33 bits per heavy atom. The largest absolute Gasteiger partial charge is 0.507 e. The van der Waals surface area contributed by atoms with Crippen molar-refractivity contribution in [1.29, 1.82) is 0 Å². The van der Waals surface area contributed by atoms with Crippen LogP contribution in [-0.2, 0) is 0 Å². The van der Waals surface area contributed by atoms with Gasteiger partial charge in [0.05, 0.1) is 25.3 Å². The van der Waals surface area contributed by atoms with Crippen LogP contribution in [0, 0.1) is 0 Å². The number of carbonyl (C=O) groups is 1. The average Bonchev–Trinajstić information content (AvgIpc) is 2.48. The molecule has 0 saturated heterocycles. The highest BCUT2D eigenvalue weighted by Crippen LogP contribution is 2.36. The van der Waals surface area contributed by atoms with E-state index in [2.05, 4.69) is 0 Å². The smallest absolute Gasteiger partial charge is 0.200 e. The summed E-state index contributed by atoms with van der Waals surface area (Å²) in [4.78, 5) is 12.4. The molecule has 0 fully saturated rings. The molecule has 21 heavy (non-hydrogen) atoms. The highest BCUT2D eigenvalue weighted by Gasteiger charge is 2.21. The van der Waals surface area contributed by atoms with E-state index in [1.165, 1.54) is 44.6 Å². The van der Waals surface area contributed by atoms with E-state index < -0.39 is 5.78 Å². The van der Waals surface area contributed by atoms with Gasteiger partial charge in [-0.1, -0.05) is 11.6 Å². The van der Waals surface area contributed by atoms with Crippen LogP contribution >= 0.6 is 11.6 Å². The number of aromatic hydroxyl groups is 2. The van der Waals surface area contributed by atoms with Crippen molar-refractivity contribution < 1.29 is 24.5 Å². The number of methoxy groups -OCH3 is 2. The fourth-order valence-electron chi connectivity index (χ4n) is 1.88. The molecule has 2 rings (SSSR count). The molecule has 0 aliphatic carbocycles. The summed E-state index contributed by atoms with van der Waals surface area (Å²) in [6.45, 7) is 0. The number of carbonyl (C=O) groups excluding carboxylic acids is 1. The summed E-state index contributed by atoms with van der Waals surface area (Å²) >= 11 is 5.89. The van der Waals surface area contributed by atoms with Gasteiger partial charge >= 0.3 is 0 Å². The minimum absolute atomic E-state index is 0.0235. The van der Waals surface area contributed by atoms with E-state index in [-0.39, 0.29) is 33.4 Å². The second-order valence-corrected chi connectivity index (χ2v) is 4.65. The SMILES string of the molecule is COc1ccc(C(=O)c2cc(Cl)cc(OC)c2O)c(O)c1. The highest BCUT2D eigenvalue weighted by molar-refractivity contribution is 6.31. The summed E-state index contributed by atoms with van der Waals surface area (Å²) in [6.07, 6.45) is 0. The highest BCUT2D eigenvalue weighted by atomic mass is 35.5. The zero-order valence-corrected chi connectivity index (χ0v) is 12.1. The summed E-state index contributed by atoms with van der Waals surface area (Å²) in [5.74, 6) is -0.663. The molecule has 0 amide bonds. The Balaban J connectivity index is 2.52. The minimum Gasteiger partial charge on any atom is -0.507 e. The van der Waals surface area contributed by atoms with Crippen LogP contribution in [0.4, 0.5) is 0 Å². The molecular weight excluding hydrogens is 296 g/mol. The molecule has 0 unspecified atom stereocenters. The van der Waals surface area contributed by atoms with Gasteiger partial charge in [0.2, 0.25) is 5.78 Å². The van der Waals surface area contributed by atoms with Crippen LogP contribution in [0.15, 0.2) is 30.3 Å². The van der Waals surface area contributed by atoms with Crippen LogP contribution in [0.3, 0.4) is 0 Å². The molecule has 0 spiro atoms. The van der Waals surface area contributed by atoms with E-state index in [4.69, 9.17) is 21.1 Å². The number of hydrogen-bond donors (Lipinski definition) is 2. The Morgan fingerprint density at radius 1 is 1.05 bits per heavy atom. The van der Waals surface area contributed by atoms with Crippen molar-refractivity contribution in [3.63, 3.8) is 0 Å². The van der Waals surface area contributed by atoms with E-state index in [1.54, 1.807) is 0 Å². The molecule has 0 heterocycles. The molecular formula is C15H13ClO5. The summed E-state index contributed by atoms with van der Waals surface area (Å²) in [5.41, 5.74) is -0.0322. The average molecular weight is 309 g/mol. The van der Waals surface area contributed by atoms with Crippen molar-refractivity contribution in [2.24, 2.45) is 0 Å².